The number of allylic oxidation sites excluding steroid dienone is 10. The highest BCUT2D eigenvalue weighted by atomic mass is 19.1. The van der Waals surface area contributed by atoms with Crippen LogP contribution >= 0.6 is 0 Å². The van der Waals surface area contributed by atoms with Gasteiger partial charge in [-0.2, -0.15) is 0 Å². The molecule has 0 nitrogen and oxygen atoms in total. The number of benzene rings is 1. The maximum Gasteiger partial charge on any atom is 0.131 e. The Kier molecular flexibility index (Phi) is 19.5. The number of unbranched alkanes of at least 4 members (excludes halogenated alkanes) is 1. The van der Waals surface area contributed by atoms with Gasteiger partial charge in [-0.3, -0.25) is 0 Å². The molecule has 0 spiro atoms. The zero-order valence-corrected chi connectivity index (χ0v) is 28.5. The molecule has 0 radical (unpaired) electrons. The molecule has 0 aliphatic carbocycles. The molecular weight excluding hydrogens is 499 g/mol. The van der Waals surface area contributed by atoms with E-state index >= 15 is 4.39 Å². The number of rotatable bonds is 12. The molecule has 0 heterocycles. The lowest BCUT2D eigenvalue weighted by molar-refractivity contribution is 0.619. The summed E-state index contributed by atoms with van der Waals surface area (Å²) in [6.07, 6.45) is 16.7. The molecule has 0 saturated carbocycles. The predicted molar refractivity (Wildman–Crippen MR) is 186 cm³/mol. The van der Waals surface area contributed by atoms with Crippen LogP contribution in [0.1, 0.15) is 144 Å². The summed E-state index contributed by atoms with van der Waals surface area (Å²) in [5, 5.41) is 0. The van der Waals surface area contributed by atoms with Crippen LogP contribution in [0.15, 0.2) is 70.9 Å². The fraction of sp³-hybridized carbons (Fsp3) is 0.500. The van der Waals surface area contributed by atoms with Gasteiger partial charge in [0.2, 0.25) is 0 Å². The van der Waals surface area contributed by atoms with Crippen molar-refractivity contribution in [3.05, 3.63) is 93.4 Å². The zero-order valence-electron chi connectivity index (χ0n) is 28.5. The van der Waals surface area contributed by atoms with E-state index in [1.807, 2.05) is 33.8 Å². The van der Waals surface area contributed by atoms with Crippen LogP contribution < -0.4 is 0 Å². The van der Waals surface area contributed by atoms with E-state index in [4.69, 9.17) is 0 Å². The minimum Gasteiger partial charge on any atom is -0.206 e. The lowest BCUT2D eigenvalue weighted by Crippen LogP contribution is -2.03. The summed E-state index contributed by atoms with van der Waals surface area (Å²) < 4.78 is 15.7. The molecule has 0 amide bonds. The maximum absolute atomic E-state index is 15.7. The van der Waals surface area contributed by atoms with E-state index in [0.717, 1.165) is 71.4 Å². The molecule has 2 unspecified atom stereocenters. The average Bonchev–Trinajstić information content (AvgIpc) is 2.93. The molecule has 1 heteroatoms. The second-order valence-corrected chi connectivity index (χ2v) is 11.3. The zero-order chi connectivity index (χ0) is 31.5. The second kappa shape index (κ2) is 20.9. The Morgan fingerprint density at radius 3 is 2.05 bits per heavy atom. The summed E-state index contributed by atoms with van der Waals surface area (Å²) in [5.41, 5.74) is 9.52. The molecule has 0 N–H and O–H groups in total. The molecule has 0 saturated heterocycles. The van der Waals surface area contributed by atoms with Gasteiger partial charge >= 0.3 is 0 Å². The quantitative estimate of drug-likeness (QED) is 0.136. The van der Waals surface area contributed by atoms with E-state index in [2.05, 4.69) is 104 Å². The van der Waals surface area contributed by atoms with E-state index in [0.29, 0.717) is 5.56 Å². The highest BCUT2D eigenvalue weighted by Gasteiger charge is 2.18. The highest BCUT2D eigenvalue weighted by Crippen LogP contribution is 2.33. The van der Waals surface area contributed by atoms with Gasteiger partial charge in [0.25, 0.3) is 0 Å². The summed E-state index contributed by atoms with van der Waals surface area (Å²) in [4.78, 5) is 0. The van der Waals surface area contributed by atoms with Gasteiger partial charge in [0.05, 0.1) is 0 Å². The van der Waals surface area contributed by atoms with Gasteiger partial charge in [-0.25, -0.2) is 4.39 Å². The summed E-state index contributed by atoms with van der Waals surface area (Å²) in [7, 11) is 0. The van der Waals surface area contributed by atoms with Crippen molar-refractivity contribution in [1.29, 1.82) is 0 Å². The predicted octanol–water partition coefficient (Wildman–Crippen LogP) is 13.2. The Morgan fingerprint density at radius 1 is 0.951 bits per heavy atom. The van der Waals surface area contributed by atoms with Crippen LogP contribution in [0, 0.1) is 23.6 Å². The van der Waals surface area contributed by atoms with Crippen LogP contribution in [0.3, 0.4) is 0 Å². The lowest BCUT2D eigenvalue weighted by Gasteiger charge is -2.18. The molecule has 226 valence electrons. The SMILES string of the molecule is C=C(C)\C(C)=C/C(=C\C)C(/C)=C/c1c(F)cc(/C(=C/C)CCCC)cc1C(C#CCC)CC.CCC(C)C=C(C)C. The van der Waals surface area contributed by atoms with Gasteiger partial charge in [-0.1, -0.05) is 95.4 Å². The second-order valence-electron chi connectivity index (χ2n) is 11.3. The standard InChI is InChI=1S/C32H43F.C8H16/c1-10-15-17-26(12-3)29-21-30(27(13-4)18-16-11-2)31(32(33)22-29)20-25(9)28(14-5)19-24(8)23(6)7;1-5-8(4)6-7(2)3/h12,14,19-22,27H,6,10-11,13,15,17H2,1-5,7-9H3;6,8H,5H2,1-4H3/b24-19-,25-20+,26-12+,28-14+;. The number of hydrogen-bond donors (Lipinski definition) is 0. The van der Waals surface area contributed by atoms with Crippen molar-refractivity contribution in [1.82, 2.24) is 0 Å². The molecule has 0 aliphatic heterocycles. The van der Waals surface area contributed by atoms with E-state index in [-0.39, 0.29) is 11.7 Å². The molecule has 0 aliphatic rings. The average molecular weight is 559 g/mol. The Balaban J connectivity index is 0.00000173. The van der Waals surface area contributed by atoms with Crippen LogP contribution in [0.25, 0.3) is 11.6 Å². The van der Waals surface area contributed by atoms with Gasteiger partial charge in [0, 0.05) is 17.9 Å². The van der Waals surface area contributed by atoms with Gasteiger partial charge < -0.3 is 0 Å². The smallest absolute Gasteiger partial charge is 0.131 e. The first-order valence-corrected chi connectivity index (χ1v) is 15.7. The van der Waals surface area contributed by atoms with Gasteiger partial charge in [0.1, 0.15) is 5.82 Å². The van der Waals surface area contributed by atoms with Crippen molar-refractivity contribution in [2.24, 2.45) is 5.92 Å². The molecule has 0 fully saturated rings. The molecule has 1 aromatic carbocycles. The van der Waals surface area contributed by atoms with Crippen LogP contribution in [-0.2, 0) is 0 Å². The largest absolute Gasteiger partial charge is 0.206 e. The first-order valence-electron chi connectivity index (χ1n) is 15.7. The summed E-state index contributed by atoms with van der Waals surface area (Å²) in [6.45, 7) is 29.3. The summed E-state index contributed by atoms with van der Waals surface area (Å²) >= 11 is 0. The molecule has 2 atom stereocenters. The third-order valence-corrected chi connectivity index (χ3v) is 7.35. The number of halogens is 1. The van der Waals surface area contributed by atoms with Crippen LogP contribution in [0.4, 0.5) is 4.39 Å². The molecule has 1 rings (SSSR count). The van der Waals surface area contributed by atoms with Crippen LogP contribution in [0.5, 0.6) is 0 Å². The monoisotopic (exact) mass is 558 g/mol. The van der Waals surface area contributed by atoms with Crippen LogP contribution in [0.2, 0.25) is 0 Å². The first kappa shape index (κ1) is 38.1. The topological polar surface area (TPSA) is 0 Å². The van der Waals surface area contributed by atoms with Crippen molar-refractivity contribution in [2.75, 3.05) is 0 Å². The molecular formula is C40H59F. The summed E-state index contributed by atoms with van der Waals surface area (Å²) in [6, 6.07) is 3.88. The highest BCUT2D eigenvalue weighted by molar-refractivity contribution is 5.71. The van der Waals surface area contributed by atoms with Gasteiger partial charge in [0.15, 0.2) is 0 Å². The number of hydrogen-bond acceptors (Lipinski definition) is 0. The Morgan fingerprint density at radius 2 is 1.61 bits per heavy atom. The lowest BCUT2D eigenvalue weighted by atomic mass is 9.86. The van der Waals surface area contributed by atoms with Crippen molar-refractivity contribution < 1.29 is 4.39 Å². The van der Waals surface area contributed by atoms with E-state index < -0.39 is 0 Å². The summed E-state index contributed by atoms with van der Waals surface area (Å²) in [5.74, 6) is 7.21. The Hall–Kier alpha value is -2.85. The minimum absolute atomic E-state index is 0.00415. The van der Waals surface area contributed by atoms with Crippen LogP contribution in [-0.4, -0.2) is 0 Å². The van der Waals surface area contributed by atoms with E-state index in [1.54, 1.807) is 6.07 Å². The minimum atomic E-state index is -0.175. The maximum atomic E-state index is 15.7. The fourth-order valence-electron chi connectivity index (χ4n) is 4.48. The molecule has 0 aromatic heterocycles. The van der Waals surface area contributed by atoms with Crippen molar-refractivity contribution in [3.63, 3.8) is 0 Å². The Labute approximate surface area is 254 Å². The normalized spacial score (nSPS) is 13.9. The van der Waals surface area contributed by atoms with Gasteiger partial charge in [-0.05, 0) is 125 Å². The Bertz CT molecular complexity index is 1180. The van der Waals surface area contributed by atoms with Crippen molar-refractivity contribution in [3.8, 4) is 11.8 Å². The van der Waals surface area contributed by atoms with E-state index in [9.17, 15) is 0 Å². The van der Waals surface area contributed by atoms with Gasteiger partial charge in [-0.15, -0.1) is 5.92 Å². The first-order chi connectivity index (χ1) is 19.4. The molecule has 0 bridgehead atoms. The third kappa shape index (κ3) is 14.1. The van der Waals surface area contributed by atoms with Crippen molar-refractivity contribution >= 4 is 11.6 Å². The van der Waals surface area contributed by atoms with Crippen molar-refractivity contribution in [2.45, 2.75) is 128 Å². The fourth-order valence-corrected chi connectivity index (χ4v) is 4.48. The third-order valence-electron chi connectivity index (χ3n) is 7.35. The van der Waals surface area contributed by atoms with E-state index in [1.165, 1.54) is 17.6 Å². The molecule has 41 heavy (non-hydrogen) atoms. The molecule has 1 aromatic rings.